The van der Waals surface area contributed by atoms with E-state index in [1.54, 1.807) is 0 Å². The van der Waals surface area contributed by atoms with Crippen molar-refractivity contribution in [2.75, 3.05) is 6.54 Å². The number of ether oxygens (including phenoxy) is 1. The second-order valence-electron chi connectivity index (χ2n) is 6.55. The van der Waals surface area contributed by atoms with Crippen LogP contribution >= 0.6 is 12.4 Å². The summed E-state index contributed by atoms with van der Waals surface area (Å²) in [6, 6.07) is 1.46. The molecule has 0 aliphatic carbocycles. The Morgan fingerprint density at radius 1 is 1.32 bits per heavy atom. The molecule has 0 aromatic rings. The van der Waals surface area contributed by atoms with E-state index in [0.717, 1.165) is 19.4 Å². The second kappa shape index (κ2) is 5.23. The first-order valence-corrected chi connectivity index (χ1v) is 7.23. The Bertz CT molecular complexity index is 349. The van der Waals surface area contributed by atoms with Crippen molar-refractivity contribution in [3.8, 4) is 0 Å². The van der Waals surface area contributed by atoms with E-state index in [4.69, 9.17) is 4.74 Å². The van der Waals surface area contributed by atoms with Crippen molar-refractivity contribution >= 4 is 18.3 Å². The molecule has 0 aromatic heterocycles. The highest BCUT2D eigenvalue weighted by Crippen LogP contribution is 2.40. The molecule has 3 aliphatic rings. The smallest absolute Gasteiger partial charge is 0.251 e. The summed E-state index contributed by atoms with van der Waals surface area (Å²) in [6.45, 7) is 6.88. The van der Waals surface area contributed by atoms with E-state index in [1.807, 2.05) is 11.8 Å². The molecule has 5 heteroatoms. The van der Waals surface area contributed by atoms with Crippen molar-refractivity contribution in [3.63, 3.8) is 0 Å². The maximum absolute atomic E-state index is 12.2. The van der Waals surface area contributed by atoms with E-state index in [-0.39, 0.29) is 36.1 Å². The molecule has 3 fully saturated rings. The molecular weight excluding hydrogens is 264 g/mol. The Hall–Kier alpha value is -0.320. The summed E-state index contributed by atoms with van der Waals surface area (Å²) in [7, 11) is 0. The molecule has 4 nitrogen and oxygen atoms in total. The molecule has 3 saturated heterocycles. The SMILES string of the molecule is CC1OC2(CC3CCC(C2)N3)CN(C(C)C)C1=O.Cl. The lowest BCUT2D eigenvalue weighted by molar-refractivity contribution is -0.191. The molecule has 1 amide bonds. The van der Waals surface area contributed by atoms with Gasteiger partial charge in [-0.2, -0.15) is 0 Å². The number of hydrogen-bond donors (Lipinski definition) is 1. The van der Waals surface area contributed by atoms with Gasteiger partial charge in [0.1, 0.15) is 6.10 Å². The zero-order valence-electron chi connectivity index (χ0n) is 12.0. The first kappa shape index (κ1) is 15.1. The first-order valence-electron chi connectivity index (χ1n) is 7.23. The normalized spacial score (nSPS) is 41.8. The largest absolute Gasteiger partial charge is 0.360 e. The van der Waals surface area contributed by atoms with E-state index >= 15 is 0 Å². The van der Waals surface area contributed by atoms with Gasteiger partial charge < -0.3 is 15.0 Å². The lowest BCUT2D eigenvalue weighted by atomic mass is 9.84. The molecule has 3 unspecified atom stereocenters. The topological polar surface area (TPSA) is 41.6 Å². The van der Waals surface area contributed by atoms with Gasteiger partial charge in [0.15, 0.2) is 0 Å². The van der Waals surface area contributed by atoms with Crippen LogP contribution in [-0.4, -0.2) is 47.2 Å². The number of nitrogens with one attached hydrogen (secondary N) is 1. The molecule has 19 heavy (non-hydrogen) atoms. The van der Waals surface area contributed by atoms with Crippen molar-refractivity contribution in [1.82, 2.24) is 10.2 Å². The number of nitrogens with zero attached hydrogens (tertiary/aromatic N) is 1. The fraction of sp³-hybridized carbons (Fsp3) is 0.929. The standard InChI is InChI=1S/C14H24N2O2.ClH/c1-9(2)16-8-14(18-10(3)13(16)17)6-11-4-5-12(7-14)15-11;/h9-12,15H,4-8H2,1-3H3;1H. The summed E-state index contributed by atoms with van der Waals surface area (Å²) in [4.78, 5) is 14.2. The minimum atomic E-state index is -0.279. The van der Waals surface area contributed by atoms with Crippen LogP contribution in [0.2, 0.25) is 0 Å². The van der Waals surface area contributed by atoms with Gasteiger partial charge in [-0.3, -0.25) is 4.79 Å². The molecule has 3 rings (SSSR count). The minimum absolute atomic E-state index is 0. The van der Waals surface area contributed by atoms with Crippen molar-refractivity contribution in [3.05, 3.63) is 0 Å². The molecule has 3 atom stereocenters. The Morgan fingerprint density at radius 3 is 2.42 bits per heavy atom. The van der Waals surface area contributed by atoms with Crippen molar-refractivity contribution in [2.24, 2.45) is 0 Å². The van der Waals surface area contributed by atoms with Gasteiger partial charge in [0.2, 0.25) is 0 Å². The third-order valence-electron chi connectivity index (χ3n) is 4.71. The average Bonchev–Trinajstić information content (AvgIpc) is 2.64. The zero-order chi connectivity index (χ0) is 12.9. The third kappa shape index (κ3) is 2.63. The number of carbonyl (C=O) groups excluding carboxylic acids is 1. The van der Waals surface area contributed by atoms with Crippen LogP contribution in [0, 0.1) is 0 Å². The van der Waals surface area contributed by atoms with Crippen LogP contribution in [0.1, 0.15) is 46.5 Å². The number of amides is 1. The van der Waals surface area contributed by atoms with E-state index in [2.05, 4.69) is 19.2 Å². The number of rotatable bonds is 1. The Labute approximate surface area is 121 Å². The van der Waals surface area contributed by atoms with Crippen LogP contribution in [0.15, 0.2) is 0 Å². The number of fused-ring (bicyclic) bond motifs is 2. The summed E-state index contributed by atoms with van der Waals surface area (Å²) < 4.78 is 6.16. The van der Waals surface area contributed by atoms with Crippen molar-refractivity contribution in [2.45, 2.75) is 76.3 Å². The molecule has 0 radical (unpaired) electrons. The van der Waals surface area contributed by atoms with Crippen LogP contribution < -0.4 is 5.32 Å². The lowest BCUT2D eigenvalue weighted by Crippen LogP contribution is -2.64. The summed E-state index contributed by atoms with van der Waals surface area (Å²) in [5.74, 6) is 0.154. The fourth-order valence-corrected chi connectivity index (χ4v) is 3.95. The molecule has 2 bridgehead atoms. The predicted octanol–water partition coefficient (Wildman–Crippen LogP) is 1.72. The quantitative estimate of drug-likeness (QED) is 0.799. The summed E-state index contributed by atoms with van der Waals surface area (Å²) in [5.41, 5.74) is -0.0886. The summed E-state index contributed by atoms with van der Waals surface area (Å²) >= 11 is 0. The minimum Gasteiger partial charge on any atom is -0.360 e. The number of piperidine rings is 1. The molecule has 3 heterocycles. The van der Waals surface area contributed by atoms with Crippen LogP contribution in [0.25, 0.3) is 0 Å². The Morgan fingerprint density at radius 2 is 1.89 bits per heavy atom. The lowest BCUT2D eigenvalue weighted by Gasteiger charge is -2.50. The van der Waals surface area contributed by atoms with Gasteiger partial charge in [-0.05, 0) is 46.5 Å². The second-order valence-corrected chi connectivity index (χ2v) is 6.55. The zero-order valence-corrected chi connectivity index (χ0v) is 12.8. The highest BCUT2D eigenvalue weighted by atomic mass is 35.5. The molecule has 0 saturated carbocycles. The van der Waals surface area contributed by atoms with Crippen LogP contribution in [0.5, 0.6) is 0 Å². The first-order chi connectivity index (χ1) is 8.49. The van der Waals surface area contributed by atoms with E-state index in [9.17, 15) is 4.79 Å². The average molecular weight is 289 g/mol. The third-order valence-corrected chi connectivity index (χ3v) is 4.71. The highest BCUT2D eigenvalue weighted by molar-refractivity contribution is 5.85. The van der Waals surface area contributed by atoms with Gasteiger partial charge >= 0.3 is 0 Å². The predicted molar refractivity (Wildman–Crippen MR) is 76.6 cm³/mol. The molecule has 0 aromatic carbocycles. The van der Waals surface area contributed by atoms with Crippen LogP contribution in [0.4, 0.5) is 0 Å². The number of hydrogen-bond acceptors (Lipinski definition) is 3. The maximum Gasteiger partial charge on any atom is 0.251 e. The van der Waals surface area contributed by atoms with E-state index in [1.165, 1.54) is 12.8 Å². The fourth-order valence-electron chi connectivity index (χ4n) is 3.95. The van der Waals surface area contributed by atoms with Crippen molar-refractivity contribution < 1.29 is 9.53 Å². The molecule has 3 aliphatic heterocycles. The molecule has 110 valence electrons. The van der Waals surface area contributed by atoms with Gasteiger partial charge in [0.05, 0.1) is 12.1 Å². The van der Waals surface area contributed by atoms with Crippen molar-refractivity contribution in [1.29, 1.82) is 0 Å². The van der Waals surface area contributed by atoms with Gasteiger partial charge in [0, 0.05) is 18.1 Å². The highest BCUT2D eigenvalue weighted by Gasteiger charge is 2.50. The molecule has 1 spiro atoms. The van der Waals surface area contributed by atoms with Gasteiger partial charge in [-0.1, -0.05) is 0 Å². The summed E-state index contributed by atoms with van der Waals surface area (Å²) in [6.07, 6.45) is 4.37. The molecule has 1 N–H and O–H groups in total. The van der Waals surface area contributed by atoms with Crippen LogP contribution in [0.3, 0.4) is 0 Å². The number of halogens is 1. The van der Waals surface area contributed by atoms with E-state index in [0.29, 0.717) is 12.1 Å². The van der Waals surface area contributed by atoms with Crippen LogP contribution in [-0.2, 0) is 9.53 Å². The number of carbonyl (C=O) groups is 1. The van der Waals surface area contributed by atoms with Gasteiger partial charge in [0.25, 0.3) is 5.91 Å². The monoisotopic (exact) mass is 288 g/mol. The maximum atomic E-state index is 12.2. The summed E-state index contributed by atoms with van der Waals surface area (Å²) in [5, 5.41) is 3.65. The Balaban J connectivity index is 0.00000133. The Kier molecular flexibility index (Phi) is 4.15. The number of morpholine rings is 1. The van der Waals surface area contributed by atoms with Gasteiger partial charge in [-0.15, -0.1) is 12.4 Å². The molecular formula is C14H25ClN2O2. The van der Waals surface area contributed by atoms with E-state index < -0.39 is 0 Å². The van der Waals surface area contributed by atoms with Gasteiger partial charge in [-0.25, -0.2) is 0 Å².